The molecule has 2 rings (SSSR count). The number of carbonyl (C=O) groups excluding carboxylic acids is 2. The largest absolute Gasteiger partial charge is 0.462 e. The van der Waals surface area contributed by atoms with Crippen LogP contribution >= 0.6 is 27.7 Å². The Balaban J connectivity index is 2.61. The summed E-state index contributed by atoms with van der Waals surface area (Å²) in [7, 11) is 1.85. The monoisotopic (exact) mass is 508 g/mol. The Kier molecular flexibility index (Phi) is 8.94. The van der Waals surface area contributed by atoms with Crippen molar-refractivity contribution in [2.24, 2.45) is 7.05 Å². The highest BCUT2D eigenvalue weighted by Crippen LogP contribution is 2.27. The van der Waals surface area contributed by atoms with Gasteiger partial charge >= 0.3 is 5.97 Å². The Hall–Kier alpha value is -2.06. The number of halogens is 1. The van der Waals surface area contributed by atoms with Crippen LogP contribution in [-0.2, 0) is 30.4 Å². The van der Waals surface area contributed by atoms with E-state index in [-0.39, 0.29) is 17.0 Å². The molecule has 1 aromatic heterocycles. The maximum atomic E-state index is 13.4. The van der Waals surface area contributed by atoms with E-state index in [1.807, 2.05) is 38.6 Å². The van der Waals surface area contributed by atoms with Crippen LogP contribution < -0.4 is 10.7 Å². The highest BCUT2D eigenvalue weighted by Gasteiger charge is 2.24. The highest BCUT2D eigenvalue weighted by molar-refractivity contribution is 9.10. The Morgan fingerprint density at radius 3 is 2.23 bits per heavy atom. The number of nitrogens with zero attached hydrogens (tertiary/aromatic N) is 1. The zero-order valence-corrected chi connectivity index (χ0v) is 21.3. The first-order valence-electron chi connectivity index (χ1n) is 10.2. The van der Waals surface area contributed by atoms with Crippen LogP contribution in [0, 0.1) is 6.92 Å². The van der Waals surface area contributed by atoms with Gasteiger partial charge in [0.2, 0.25) is 5.43 Å². The normalized spacial score (nSPS) is 10.8. The Labute approximate surface area is 195 Å². The predicted octanol–water partition coefficient (Wildman–Crippen LogP) is 4.87. The van der Waals surface area contributed by atoms with E-state index in [9.17, 15) is 14.4 Å². The lowest BCUT2D eigenvalue weighted by molar-refractivity contribution is 0.0526. The molecule has 31 heavy (non-hydrogen) atoms. The minimum absolute atomic E-state index is 0.132. The number of hydrogen-bond acceptors (Lipinski definition) is 5. The third kappa shape index (κ3) is 5.23. The van der Waals surface area contributed by atoms with Crippen molar-refractivity contribution in [2.75, 3.05) is 18.2 Å². The van der Waals surface area contributed by atoms with Crippen molar-refractivity contribution in [3.05, 3.63) is 60.5 Å². The summed E-state index contributed by atoms with van der Waals surface area (Å²) in [6.07, 6.45) is 3.16. The SMILES string of the molecule is CCOC(=O)c1cc(CC)c(NC(=O)c2c(CSC)n(C)c(C)c(Br)c2=O)c(CC)c1. The molecule has 0 fully saturated rings. The minimum Gasteiger partial charge on any atom is -0.462 e. The second-order valence-corrected chi connectivity index (χ2v) is 8.75. The van der Waals surface area contributed by atoms with Crippen LogP contribution in [0.15, 0.2) is 21.4 Å². The summed E-state index contributed by atoms with van der Waals surface area (Å²) in [5, 5.41) is 2.97. The van der Waals surface area contributed by atoms with Gasteiger partial charge in [0.05, 0.1) is 16.6 Å². The van der Waals surface area contributed by atoms with E-state index >= 15 is 0 Å². The van der Waals surface area contributed by atoms with E-state index < -0.39 is 5.91 Å². The maximum Gasteiger partial charge on any atom is 0.338 e. The number of rotatable bonds is 8. The highest BCUT2D eigenvalue weighted by atomic mass is 79.9. The Morgan fingerprint density at radius 2 is 1.74 bits per heavy atom. The number of anilines is 1. The molecule has 0 unspecified atom stereocenters. The number of amides is 1. The van der Waals surface area contributed by atoms with Gasteiger partial charge in [0.1, 0.15) is 5.56 Å². The fourth-order valence-corrected chi connectivity index (χ4v) is 4.53. The molecule has 0 spiro atoms. The van der Waals surface area contributed by atoms with Gasteiger partial charge in [-0.05, 0) is 72.1 Å². The van der Waals surface area contributed by atoms with Crippen molar-refractivity contribution in [2.45, 2.75) is 46.3 Å². The minimum atomic E-state index is -0.446. The van der Waals surface area contributed by atoms with E-state index in [4.69, 9.17) is 4.74 Å². The van der Waals surface area contributed by atoms with Crippen LogP contribution in [0.2, 0.25) is 0 Å². The fraction of sp³-hybridized carbons (Fsp3) is 0.435. The van der Waals surface area contributed by atoms with Gasteiger partial charge in [-0.3, -0.25) is 9.59 Å². The summed E-state index contributed by atoms with van der Waals surface area (Å²) in [6.45, 7) is 7.82. The number of esters is 1. The maximum absolute atomic E-state index is 13.4. The van der Waals surface area contributed by atoms with Gasteiger partial charge < -0.3 is 14.6 Å². The molecule has 1 amide bonds. The molecule has 2 aromatic rings. The molecule has 0 aliphatic heterocycles. The van der Waals surface area contributed by atoms with Crippen LogP contribution in [0.1, 0.15) is 64.0 Å². The van der Waals surface area contributed by atoms with Gasteiger partial charge in [-0.25, -0.2) is 4.79 Å². The second-order valence-electron chi connectivity index (χ2n) is 7.09. The van der Waals surface area contributed by atoms with Crippen LogP contribution in [-0.4, -0.2) is 29.3 Å². The van der Waals surface area contributed by atoms with Crippen LogP contribution in [0.4, 0.5) is 5.69 Å². The topological polar surface area (TPSA) is 77.4 Å². The standard InChI is InChI=1S/C23H29BrN2O4S/c1-7-14-10-16(23(29)30-9-3)11-15(8-2)20(14)25-22(28)18-17(12-31-6)26(5)13(4)19(24)21(18)27/h10-11H,7-9,12H2,1-6H3,(H,25,28). The zero-order valence-electron chi connectivity index (χ0n) is 18.8. The van der Waals surface area contributed by atoms with Crippen LogP contribution in [0.25, 0.3) is 0 Å². The van der Waals surface area contributed by atoms with Crippen molar-refractivity contribution in [3.63, 3.8) is 0 Å². The number of ether oxygens (including phenoxy) is 1. The smallest absolute Gasteiger partial charge is 0.338 e. The Bertz CT molecular complexity index is 1040. The van der Waals surface area contributed by atoms with Crippen molar-refractivity contribution in [1.29, 1.82) is 0 Å². The van der Waals surface area contributed by atoms with E-state index in [0.717, 1.165) is 16.8 Å². The second kappa shape index (κ2) is 11.0. The first-order chi connectivity index (χ1) is 14.7. The quantitative estimate of drug-likeness (QED) is 0.514. The van der Waals surface area contributed by atoms with E-state index in [0.29, 0.717) is 46.6 Å². The summed E-state index contributed by atoms with van der Waals surface area (Å²) in [5.74, 6) is -0.298. The molecular formula is C23H29BrN2O4S. The van der Waals surface area contributed by atoms with Crippen molar-refractivity contribution >= 4 is 45.3 Å². The summed E-state index contributed by atoms with van der Waals surface area (Å²) in [4.78, 5) is 38.6. The summed E-state index contributed by atoms with van der Waals surface area (Å²) in [6, 6.07) is 3.50. The van der Waals surface area contributed by atoms with Crippen molar-refractivity contribution < 1.29 is 14.3 Å². The van der Waals surface area contributed by atoms with Crippen LogP contribution in [0.5, 0.6) is 0 Å². The molecule has 0 bridgehead atoms. The number of carbonyl (C=O) groups is 2. The predicted molar refractivity (Wildman–Crippen MR) is 130 cm³/mol. The van der Waals surface area contributed by atoms with Gasteiger partial charge in [0.15, 0.2) is 0 Å². The summed E-state index contributed by atoms with van der Waals surface area (Å²) < 4.78 is 7.40. The molecule has 8 heteroatoms. The lowest BCUT2D eigenvalue weighted by Gasteiger charge is -2.20. The van der Waals surface area contributed by atoms with Crippen molar-refractivity contribution in [1.82, 2.24) is 4.57 Å². The molecule has 0 aliphatic carbocycles. The van der Waals surface area contributed by atoms with Crippen LogP contribution in [0.3, 0.4) is 0 Å². The lowest BCUT2D eigenvalue weighted by Crippen LogP contribution is -2.29. The van der Waals surface area contributed by atoms with Gasteiger partial charge in [0.25, 0.3) is 5.91 Å². The number of hydrogen-bond donors (Lipinski definition) is 1. The number of nitrogens with one attached hydrogen (secondary N) is 1. The third-order valence-corrected chi connectivity index (χ3v) is 6.76. The molecule has 1 aromatic carbocycles. The average Bonchev–Trinajstić information content (AvgIpc) is 2.76. The van der Waals surface area contributed by atoms with E-state index in [1.54, 1.807) is 30.8 Å². The third-order valence-electron chi connectivity index (χ3n) is 5.26. The summed E-state index contributed by atoms with van der Waals surface area (Å²) in [5.41, 5.74) is 4.02. The molecule has 1 heterocycles. The van der Waals surface area contributed by atoms with Gasteiger partial charge in [-0.15, -0.1) is 0 Å². The summed E-state index contributed by atoms with van der Waals surface area (Å²) >= 11 is 4.89. The van der Waals surface area contributed by atoms with E-state index in [2.05, 4.69) is 21.2 Å². The van der Waals surface area contributed by atoms with Gasteiger partial charge in [-0.2, -0.15) is 11.8 Å². The number of aromatic nitrogens is 1. The lowest BCUT2D eigenvalue weighted by atomic mass is 9.98. The first kappa shape index (κ1) is 25.2. The molecule has 0 atom stereocenters. The molecule has 0 saturated carbocycles. The molecule has 0 aliphatic rings. The molecule has 0 saturated heterocycles. The van der Waals surface area contributed by atoms with E-state index in [1.165, 1.54) is 0 Å². The average molecular weight is 509 g/mol. The molecular weight excluding hydrogens is 480 g/mol. The number of benzene rings is 1. The molecule has 168 valence electrons. The molecule has 0 radical (unpaired) electrons. The number of thioether (sulfide) groups is 1. The number of aryl methyl sites for hydroxylation is 2. The number of pyridine rings is 1. The Morgan fingerprint density at radius 1 is 1.16 bits per heavy atom. The van der Waals surface area contributed by atoms with Gasteiger partial charge in [-0.1, -0.05) is 13.8 Å². The molecule has 1 N–H and O–H groups in total. The zero-order chi connectivity index (χ0) is 23.3. The van der Waals surface area contributed by atoms with Crippen molar-refractivity contribution in [3.8, 4) is 0 Å². The fourth-order valence-electron chi connectivity index (χ4n) is 3.46. The van der Waals surface area contributed by atoms with Gasteiger partial charge in [0, 0.05) is 29.9 Å². The first-order valence-corrected chi connectivity index (χ1v) is 12.4. The molecule has 6 nitrogen and oxygen atoms in total.